The van der Waals surface area contributed by atoms with E-state index in [1.54, 1.807) is 13.2 Å². The number of nitrogens with one attached hydrogen (secondary N) is 1. The quantitative estimate of drug-likeness (QED) is 0.907. The first-order valence-electron chi connectivity index (χ1n) is 6.40. The van der Waals surface area contributed by atoms with E-state index < -0.39 is 0 Å². The summed E-state index contributed by atoms with van der Waals surface area (Å²) < 4.78 is 19.0. The van der Waals surface area contributed by atoms with Gasteiger partial charge >= 0.3 is 0 Å². The van der Waals surface area contributed by atoms with Gasteiger partial charge in [0.2, 0.25) is 0 Å². The number of hydrogen-bond acceptors (Lipinski definition) is 2. The van der Waals surface area contributed by atoms with Crippen molar-refractivity contribution in [2.75, 3.05) is 13.7 Å². The number of ether oxygens (including phenoxy) is 1. The molecule has 2 nitrogen and oxygen atoms in total. The number of hydrogen-bond donors (Lipinski definition) is 1. The van der Waals surface area contributed by atoms with Crippen LogP contribution in [-0.2, 0) is 17.8 Å². The van der Waals surface area contributed by atoms with Gasteiger partial charge < -0.3 is 10.1 Å². The average molecular weight is 272 g/mol. The van der Waals surface area contributed by atoms with Crippen molar-refractivity contribution >= 4 is 11.6 Å². The van der Waals surface area contributed by atoms with Crippen molar-refractivity contribution in [2.45, 2.75) is 38.3 Å². The summed E-state index contributed by atoms with van der Waals surface area (Å²) in [6.45, 7) is 1.49. The van der Waals surface area contributed by atoms with Crippen LogP contribution in [0.5, 0.6) is 0 Å². The van der Waals surface area contributed by atoms with E-state index >= 15 is 0 Å². The molecular formula is C14H19ClFNO. The first-order chi connectivity index (χ1) is 8.70. The average Bonchev–Trinajstić information content (AvgIpc) is 2.37. The van der Waals surface area contributed by atoms with Gasteiger partial charge in [-0.2, -0.15) is 0 Å². The number of benzene rings is 1. The third-order valence-corrected chi connectivity index (χ3v) is 3.63. The van der Waals surface area contributed by atoms with E-state index in [1.165, 1.54) is 12.8 Å². The molecule has 2 rings (SSSR count). The molecule has 4 heteroatoms. The second-order valence-electron chi connectivity index (χ2n) is 4.83. The maximum atomic E-state index is 14.0. The maximum Gasteiger partial charge on any atom is 0.145 e. The van der Waals surface area contributed by atoms with Crippen LogP contribution in [0.2, 0.25) is 5.02 Å². The minimum absolute atomic E-state index is 0.190. The van der Waals surface area contributed by atoms with Gasteiger partial charge in [-0.25, -0.2) is 4.39 Å². The fourth-order valence-electron chi connectivity index (χ4n) is 2.47. The molecule has 1 atom stereocenters. The minimum Gasteiger partial charge on any atom is -0.380 e. The molecule has 0 spiro atoms. The molecular weight excluding hydrogens is 253 g/mol. The van der Waals surface area contributed by atoms with E-state index in [0.29, 0.717) is 24.6 Å². The zero-order valence-corrected chi connectivity index (χ0v) is 11.4. The lowest BCUT2D eigenvalue weighted by Crippen LogP contribution is -2.35. The smallest absolute Gasteiger partial charge is 0.145 e. The number of piperidine rings is 1. The van der Waals surface area contributed by atoms with Crippen LogP contribution >= 0.6 is 11.6 Å². The Balaban J connectivity index is 2.14. The molecule has 0 saturated carbocycles. The van der Waals surface area contributed by atoms with Gasteiger partial charge in [-0.15, -0.1) is 0 Å². The van der Waals surface area contributed by atoms with E-state index in [0.717, 1.165) is 18.5 Å². The monoisotopic (exact) mass is 271 g/mol. The van der Waals surface area contributed by atoms with Crippen LogP contribution in [0, 0.1) is 5.82 Å². The first-order valence-corrected chi connectivity index (χ1v) is 6.77. The lowest BCUT2D eigenvalue weighted by molar-refractivity contribution is 0.184. The van der Waals surface area contributed by atoms with Crippen molar-refractivity contribution in [1.29, 1.82) is 0 Å². The Morgan fingerprint density at radius 2 is 2.28 bits per heavy atom. The molecule has 1 aromatic carbocycles. The third kappa shape index (κ3) is 3.44. The Morgan fingerprint density at radius 1 is 1.44 bits per heavy atom. The van der Waals surface area contributed by atoms with Crippen molar-refractivity contribution in [1.82, 2.24) is 5.32 Å². The van der Waals surface area contributed by atoms with Crippen molar-refractivity contribution in [3.63, 3.8) is 0 Å². The molecule has 1 saturated heterocycles. The normalized spacial score (nSPS) is 20.1. The topological polar surface area (TPSA) is 21.3 Å². The van der Waals surface area contributed by atoms with Crippen LogP contribution in [0.3, 0.4) is 0 Å². The highest BCUT2D eigenvalue weighted by atomic mass is 35.5. The Kier molecular flexibility index (Phi) is 4.98. The molecule has 0 bridgehead atoms. The summed E-state index contributed by atoms with van der Waals surface area (Å²) in [5.41, 5.74) is 1.61. The van der Waals surface area contributed by atoms with Gasteiger partial charge in [-0.3, -0.25) is 0 Å². The fraction of sp³-hybridized carbons (Fsp3) is 0.571. The number of halogens is 2. The number of methoxy groups -OCH3 is 1. The van der Waals surface area contributed by atoms with Crippen LogP contribution in [0.4, 0.5) is 4.39 Å². The van der Waals surface area contributed by atoms with E-state index in [-0.39, 0.29) is 10.8 Å². The molecule has 0 aliphatic carbocycles. The van der Waals surface area contributed by atoms with Gasteiger partial charge in [0.1, 0.15) is 5.82 Å². The van der Waals surface area contributed by atoms with Crippen molar-refractivity contribution in [3.05, 3.63) is 34.1 Å². The van der Waals surface area contributed by atoms with E-state index in [1.807, 2.05) is 6.07 Å². The molecule has 1 aromatic rings. The summed E-state index contributed by atoms with van der Waals surface area (Å²) in [5.74, 6) is -0.288. The van der Waals surface area contributed by atoms with Crippen LogP contribution in [0.15, 0.2) is 12.1 Å². The number of rotatable bonds is 4. The van der Waals surface area contributed by atoms with Crippen LogP contribution in [-0.4, -0.2) is 19.7 Å². The zero-order chi connectivity index (χ0) is 13.0. The predicted molar refractivity (Wildman–Crippen MR) is 71.5 cm³/mol. The van der Waals surface area contributed by atoms with Gasteiger partial charge in [-0.05, 0) is 43.0 Å². The Morgan fingerprint density at radius 3 is 2.94 bits per heavy atom. The predicted octanol–water partition coefficient (Wildman–Crippen LogP) is 3.31. The molecule has 1 aliphatic heterocycles. The van der Waals surface area contributed by atoms with Gasteiger partial charge in [0.15, 0.2) is 0 Å². The molecule has 1 heterocycles. The highest BCUT2D eigenvalue weighted by molar-refractivity contribution is 6.30. The summed E-state index contributed by atoms with van der Waals surface area (Å²) in [6, 6.07) is 3.86. The summed E-state index contributed by atoms with van der Waals surface area (Å²) in [6.07, 6.45) is 4.23. The van der Waals surface area contributed by atoms with Crippen LogP contribution in [0.1, 0.15) is 30.4 Å². The van der Waals surface area contributed by atoms with E-state index in [9.17, 15) is 4.39 Å². The lowest BCUT2D eigenvalue weighted by Gasteiger charge is -2.24. The van der Waals surface area contributed by atoms with Gasteiger partial charge in [-0.1, -0.05) is 24.1 Å². The molecule has 1 N–H and O–H groups in total. The second kappa shape index (κ2) is 6.50. The van der Waals surface area contributed by atoms with Gasteiger partial charge in [0.25, 0.3) is 0 Å². The molecule has 1 unspecified atom stereocenters. The second-order valence-corrected chi connectivity index (χ2v) is 5.24. The molecule has 18 heavy (non-hydrogen) atoms. The van der Waals surface area contributed by atoms with Gasteiger partial charge in [0.05, 0.1) is 11.6 Å². The Hall–Kier alpha value is -0.640. The Bertz CT molecular complexity index is 405. The molecule has 0 aromatic heterocycles. The van der Waals surface area contributed by atoms with Gasteiger partial charge in [0, 0.05) is 13.2 Å². The highest BCUT2D eigenvalue weighted by Gasteiger charge is 2.17. The Labute approximate surface area is 112 Å². The summed E-state index contributed by atoms with van der Waals surface area (Å²) in [5, 5.41) is 3.61. The maximum absolute atomic E-state index is 14.0. The molecule has 100 valence electrons. The highest BCUT2D eigenvalue weighted by Crippen LogP contribution is 2.24. The summed E-state index contributed by atoms with van der Waals surface area (Å²) >= 11 is 5.92. The summed E-state index contributed by atoms with van der Waals surface area (Å²) in [4.78, 5) is 0. The zero-order valence-electron chi connectivity index (χ0n) is 10.6. The third-order valence-electron chi connectivity index (χ3n) is 3.35. The standard InChI is InChI=1S/C14H19ClFNO/c1-18-9-10-6-11(14(16)13(15)7-10)8-12-4-2-3-5-17-12/h6-7,12,17H,2-5,8-9H2,1H3. The van der Waals surface area contributed by atoms with E-state index in [4.69, 9.17) is 16.3 Å². The minimum atomic E-state index is -0.288. The molecule has 1 fully saturated rings. The fourth-order valence-corrected chi connectivity index (χ4v) is 2.73. The van der Waals surface area contributed by atoms with Crippen LogP contribution < -0.4 is 5.32 Å². The van der Waals surface area contributed by atoms with Crippen molar-refractivity contribution in [3.8, 4) is 0 Å². The molecule has 0 amide bonds. The van der Waals surface area contributed by atoms with Crippen LogP contribution in [0.25, 0.3) is 0 Å². The van der Waals surface area contributed by atoms with Crippen molar-refractivity contribution in [2.24, 2.45) is 0 Å². The molecule has 1 aliphatic rings. The van der Waals surface area contributed by atoms with Crippen molar-refractivity contribution < 1.29 is 9.13 Å². The van der Waals surface area contributed by atoms with E-state index in [2.05, 4.69) is 5.32 Å². The lowest BCUT2D eigenvalue weighted by atomic mass is 9.96. The SMILES string of the molecule is COCc1cc(Cl)c(F)c(CC2CCCCN2)c1. The molecule has 0 radical (unpaired) electrons. The summed E-state index contributed by atoms with van der Waals surface area (Å²) in [7, 11) is 1.62. The first kappa shape index (κ1) is 13.8. The largest absolute Gasteiger partial charge is 0.380 e.